The van der Waals surface area contributed by atoms with Crippen LogP contribution in [0.15, 0.2) is 0 Å². The molecule has 1 aliphatic carbocycles. The molecule has 2 saturated heterocycles. The van der Waals surface area contributed by atoms with Crippen molar-refractivity contribution in [3.8, 4) is 0 Å². The Balaban J connectivity index is 1.56. The topological polar surface area (TPSA) is 95.0 Å². The highest BCUT2D eigenvalue weighted by molar-refractivity contribution is 6.01. The van der Waals surface area contributed by atoms with E-state index in [0.717, 1.165) is 30.6 Å². The first-order valence-corrected chi connectivity index (χ1v) is 8.74. The number of carboxylic acid groups (broad SMARTS) is 1. The molecule has 0 atom stereocenters. The summed E-state index contributed by atoms with van der Waals surface area (Å²) in [6, 6.07) is 0. The minimum Gasteiger partial charge on any atom is -0.481 e. The number of imide groups is 1. The highest BCUT2D eigenvalue weighted by Crippen LogP contribution is 2.46. The molecular formula is C17H24N2O5. The van der Waals surface area contributed by atoms with E-state index in [4.69, 9.17) is 5.11 Å². The number of carbonyl (C=O) groups is 4. The predicted molar refractivity (Wildman–Crippen MR) is 83.8 cm³/mol. The van der Waals surface area contributed by atoms with Gasteiger partial charge < -0.3 is 10.0 Å². The SMILES string of the molecule is O=C(O)C1CCN(C(=O)CN2C(=O)CC3(CCCC3)CC2=O)CC1. The van der Waals surface area contributed by atoms with E-state index in [1.54, 1.807) is 4.90 Å². The summed E-state index contributed by atoms with van der Waals surface area (Å²) in [5, 5.41) is 8.99. The van der Waals surface area contributed by atoms with E-state index < -0.39 is 11.9 Å². The Morgan fingerprint density at radius 3 is 2.08 bits per heavy atom. The predicted octanol–water partition coefficient (Wildman–Crippen LogP) is 1.02. The first kappa shape index (κ1) is 16.9. The molecule has 1 spiro atoms. The van der Waals surface area contributed by atoms with Gasteiger partial charge in [0.05, 0.1) is 5.92 Å². The van der Waals surface area contributed by atoms with Crippen molar-refractivity contribution in [1.82, 2.24) is 9.80 Å². The minimum absolute atomic E-state index is 0.159. The third-order valence-electron chi connectivity index (χ3n) is 5.81. The summed E-state index contributed by atoms with van der Waals surface area (Å²) in [6.07, 6.45) is 5.57. The average Bonchev–Trinajstić information content (AvgIpc) is 2.98. The molecule has 3 aliphatic rings. The molecule has 132 valence electrons. The summed E-state index contributed by atoms with van der Waals surface area (Å²) < 4.78 is 0. The normalized spacial score (nSPS) is 24.7. The maximum absolute atomic E-state index is 12.4. The van der Waals surface area contributed by atoms with Crippen LogP contribution in [0, 0.1) is 11.3 Å². The second kappa shape index (κ2) is 6.53. The number of likely N-dealkylation sites (tertiary alicyclic amines) is 2. The molecular weight excluding hydrogens is 312 g/mol. The number of rotatable bonds is 3. The smallest absolute Gasteiger partial charge is 0.306 e. The molecule has 24 heavy (non-hydrogen) atoms. The summed E-state index contributed by atoms with van der Waals surface area (Å²) in [5.41, 5.74) is -0.159. The van der Waals surface area contributed by atoms with Gasteiger partial charge in [-0.25, -0.2) is 0 Å². The lowest BCUT2D eigenvalue weighted by molar-refractivity contribution is -0.157. The molecule has 3 amide bonds. The van der Waals surface area contributed by atoms with Crippen molar-refractivity contribution in [2.45, 2.75) is 51.4 Å². The van der Waals surface area contributed by atoms with Gasteiger partial charge in [0.2, 0.25) is 17.7 Å². The van der Waals surface area contributed by atoms with Crippen molar-refractivity contribution in [1.29, 1.82) is 0 Å². The highest BCUT2D eigenvalue weighted by Gasteiger charge is 2.45. The van der Waals surface area contributed by atoms with Gasteiger partial charge in [-0.1, -0.05) is 12.8 Å². The van der Waals surface area contributed by atoms with Crippen LogP contribution in [-0.2, 0) is 19.2 Å². The maximum Gasteiger partial charge on any atom is 0.306 e. The van der Waals surface area contributed by atoms with Crippen molar-refractivity contribution in [2.24, 2.45) is 11.3 Å². The van der Waals surface area contributed by atoms with Crippen LogP contribution in [0.3, 0.4) is 0 Å². The molecule has 1 saturated carbocycles. The summed E-state index contributed by atoms with van der Waals surface area (Å²) in [7, 11) is 0. The second-order valence-electron chi connectivity index (χ2n) is 7.43. The van der Waals surface area contributed by atoms with Gasteiger partial charge in [0.25, 0.3) is 0 Å². The fourth-order valence-electron chi connectivity index (χ4n) is 4.30. The third kappa shape index (κ3) is 3.30. The molecule has 0 aromatic heterocycles. The van der Waals surface area contributed by atoms with Crippen molar-refractivity contribution in [3.63, 3.8) is 0 Å². The van der Waals surface area contributed by atoms with E-state index in [-0.39, 0.29) is 29.7 Å². The Hall–Kier alpha value is -1.92. The first-order valence-electron chi connectivity index (χ1n) is 8.74. The molecule has 0 radical (unpaired) electrons. The van der Waals surface area contributed by atoms with Gasteiger partial charge in [-0.15, -0.1) is 0 Å². The van der Waals surface area contributed by atoms with Crippen molar-refractivity contribution in [2.75, 3.05) is 19.6 Å². The van der Waals surface area contributed by atoms with E-state index in [0.29, 0.717) is 38.8 Å². The fraction of sp³-hybridized carbons (Fsp3) is 0.765. The molecule has 0 aromatic rings. The molecule has 0 aromatic carbocycles. The molecule has 7 heteroatoms. The monoisotopic (exact) mass is 336 g/mol. The number of carbonyl (C=O) groups excluding carboxylic acids is 3. The number of nitrogens with zero attached hydrogens (tertiary/aromatic N) is 2. The summed E-state index contributed by atoms with van der Waals surface area (Å²) in [4.78, 5) is 50.8. The van der Waals surface area contributed by atoms with E-state index in [1.807, 2.05) is 0 Å². The molecule has 3 fully saturated rings. The number of amides is 3. The van der Waals surface area contributed by atoms with Crippen molar-refractivity contribution < 1.29 is 24.3 Å². The first-order chi connectivity index (χ1) is 11.4. The molecule has 1 N–H and O–H groups in total. The van der Waals surface area contributed by atoms with Gasteiger partial charge in [-0.3, -0.25) is 24.1 Å². The van der Waals surface area contributed by atoms with Gasteiger partial charge in [-0.2, -0.15) is 0 Å². The molecule has 3 rings (SSSR count). The molecule has 0 bridgehead atoms. The zero-order chi connectivity index (χ0) is 17.3. The number of hydrogen-bond acceptors (Lipinski definition) is 4. The maximum atomic E-state index is 12.4. The van der Waals surface area contributed by atoms with Crippen LogP contribution in [-0.4, -0.2) is 58.2 Å². The molecule has 0 unspecified atom stereocenters. The van der Waals surface area contributed by atoms with Crippen LogP contribution in [0.1, 0.15) is 51.4 Å². The number of aliphatic carboxylic acids is 1. The lowest BCUT2D eigenvalue weighted by Crippen LogP contribution is -2.52. The van der Waals surface area contributed by atoms with Gasteiger partial charge in [0, 0.05) is 25.9 Å². The van der Waals surface area contributed by atoms with Crippen LogP contribution < -0.4 is 0 Å². The second-order valence-corrected chi connectivity index (χ2v) is 7.43. The number of carboxylic acids is 1. The molecule has 7 nitrogen and oxygen atoms in total. The molecule has 2 heterocycles. The van der Waals surface area contributed by atoms with Crippen LogP contribution >= 0.6 is 0 Å². The number of piperidine rings is 2. The van der Waals surface area contributed by atoms with E-state index >= 15 is 0 Å². The number of hydrogen-bond donors (Lipinski definition) is 1. The van der Waals surface area contributed by atoms with Crippen LogP contribution in [0.4, 0.5) is 0 Å². The van der Waals surface area contributed by atoms with Crippen LogP contribution in [0.2, 0.25) is 0 Å². The quantitative estimate of drug-likeness (QED) is 0.776. The van der Waals surface area contributed by atoms with Gasteiger partial charge in [0.1, 0.15) is 6.54 Å². The third-order valence-corrected chi connectivity index (χ3v) is 5.81. The largest absolute Gasteiger partial charge is 0.481 e. The Kier molecular flexibility index (Phi) is 4.60. The highest BCUT2D eigenvalue weighted by atomic mass is 16.4. The van der Waals surface area contributed by atoms with E-state index in [1.165, 1.54) is 0 Å². The Labute approximate surface area is 141 Å². The van der Waals surface area contributed by atoms with Crippen molar-refractivity contribution >= 4 is 23.7 Å². The zero-order valence-electron chi connectivity index (χ0n) is 13.8. The Morgan fingerprint density at radius 1 is 1.04 bits per heavy atom. The average molecular weight is 336 g/mol. The standard InChI is InChI=1S/C17H24N2O5/c20-13-9-17(5-1-2-6-17)10-14(21)19(13)11-15(22)18-7-3-12(4-8-18)16(23)24/h12H,1-11H2,(H,23,24). The van der Waals surface area contributed by atoms with Crippen LogP contribution in [0.25, 0.3) is 0 Å². The van der Waals surface area contributed by atoms with Gasteiger partial charge >= 0.3 is 5.97 Å². The summed E-state index contributed by atoms with van der Waals surface area (Å²) >= 11 is 0. The zero-order valence-corrected chi connectivity index (χ0v) is 13.8. The Morgan fingerprint density at radius 2 is 1.58 bits per heavy atom. The summed E-state index contributed by atoms with van der Waals surface area (Å²) in [6.45, 7) is 0.539. The minimum atomic E-state index is -0.828. The lowest BCUT2D eigenvalue weighted by atomic mass is 9.76. The van der Waals surface area contributed by atoms with E-state index in [9.17, 15) is 19.2 Å². The van der Waals surface area contributed by atoms with Gasteiger partial charge in [-0.05, 0) is 31.1 Å². The van der Waals surface area contributed by atoms with Crippen LogP contribution in [0.5, 0.6) is 0 Å². The Bertz CT molecular complexity index is 539. The fourth-order valence-corrected chi connectivity index (χ4v) is 4.30. The molecule has 2 aliphatic heterocycles. The summed E-state index contributed by atoms with van der Waals surface area (Å²) in [5.74, 6) is -1.97. The van der Waals surface area contributed by atoms with Gasteiger partial charge in [0.15, 0.2) is 0 Å². The lowest BCUT2D eigenvalue weighted by Gasteiger charge is -2.38. The van der Waals surface area contributed by atoms with E-state index in [2.05, 4.69) is 0 Å². The van der Waals surface area contributed by atoms with Crippen molar-refractivity contribution in [3.05, 3.63) is 0 Å².